The van der Waals surface area contributed by atoms with E-state index in [1.807, 2.05) is 54.6 Å². The highest BCUT2D eigenvalue weighted by atomic mass is 16.5. The second-order valence-corrected chi connectivity index (χ2v) is 7.68. The predicted octanol–water partition coefficient (Wildman–Crippen LogP) is 6.45. The van der Waals surface area contributed by atoms with Crippen LogP contribution in [0.25, 0.3) is 0 Å². The molecule has 0 amide bonds. The van der Waals surface area contributed by atoms with Gasteiger partial charge in [0, 0.05) is 12.8 Å². The monoisotopic (exact) mass is 426 g/mol. The fourth-order valence-electron chi connectivity index (χ4n) is 3.12. The molecule has 0 aliphatic rings. The third-order valence-corrected chi connectivity index (χ3v) is 5.06. The fourth-order valence-corrected chi connectivity index (χ4v) is 3.12. The number of hydrogen-bond acceptors (Lipinski definition) is 5. The molecular weight excluding hydrogens is 392 g/mol. The van der Waals surface area contributed by atoms with E-state index in [-0.39, 0.29) is 31.4 Å². The molecule has 2 aromatic rings. The van der Waals surface area contributed by atoms with Gasteiger partial charge in [0.15, 0.2) is 0 Å². The summed E-state index contributed by atoms with van der Waals surface area (Å²) in [5, 5.41) is 0. The number of carbonyl (C=O) groups excluding carboxylic acids is 2. The van der Waals surface area contributed by atoms with E-state index >= 15 is 0 Å². The molecule has 1 unspecified atom stereocenters. The maximum Gasteiger partial charge on any atom is 0.306 e. The van der Waals surface area contributed by atoms with Gasteiger partial charge in [-0.3, -0.25) is 9.59 Å². The Balaban J connectivity index is 1.64. The molecule has 0 aliphatic carbocycles. The SMILES string of the molecule is CCCCC(CC)COC(=O)CCCC(=O)OCc1cccc(Oc2ccccc2)c1. The van der Waals surface area contributed by atoms with Gasteiger partial charge in [0.05, 0.1) is 6.61 Å². The Morgan fingerprint density at radius 1 is 0.839 bits per heavy atom. The van der Waals surface area contributed by atoms with E-state index in [4.69, 9.17) is 14.2 Å². The maximum absolute atomic E-state index is 12.0. The second-order valence-electron chi connectivity index (χ2n) is 7.68. The van der Waals surface area contributed by atoms with Crippen molar-refractivity contribution >= 4 is 11.9 Å². The van der Waals surface area contributed by atoms with E-state index in [9.17, 15) is 9.59 Å². The van der Waals surface area contributed by atoms with Crippen molar-refractivity contribution in [1.29, 1.82) is 0 Å². The van der Waals surface area contributed by atoms with Crippen LogP contribution in [0, 0.1) is 5.92 Å². The lowest BCUT2D eigenvalue weighted by Crippen LogP contribution is -2.14. The first-order chi connectivity index (χ1) is 15.1. The van der Waals surface area contributed by atoms with Crippen molar-refractivity contribution in [3.63, 3.8) is 0 Å². The average Bonchev–Trinajstić information content (AvgIpc) is 2.79. The number of rotatable bonds is 14. The minimum absolute atomic E-state index is 0.172. The van der Waals surface area contributed by atoms with Crippen LogP contribution in [0.3, 0.4) is 0 Å². The van der Waals surface area contributed by atoms with Crippen LogP contribution in [0.15, 0.2) is 54.6 Å². The molecule has 0 aliphatic heterocycles. The number of para-hydroxylation sites is 1. The zero-order valence-corrected chi connectivity index (χ0v) is 18.7. The largest absolute Gasteiger partial charge is 0.465 e. The van der Waals surface area contributed by atoms with Gasteiger partial charge in [-0.05, 0) is 48.6 Å². The van der Waals surface area contributed by atoms with Gasteiger partial charge in [0.1, 0.15) is 18.1 Å². The maximum atomic E-state index is 12.0. The molecule has 1 atom stereocenters. The first-order valence-electron chi connectivity index (χ1n) is 11.2. The van der Waals surface area contributed by atoms with Crippen LogP contribution in [0.5, 0.6) is 11.5 Å². The summed E-state index contributed by atoms with van der Waals surface area (Å²) in [6.45, 7) is 4.92. The van der Waals surface area contributed by atoms with Crippen LogP contribution >= 0.6 is 0 Å². The van der Waals surface area contributed by atoms with Crippen molar-refractivity contribution in [3.05, 3.63) is 60.2 Å². The minimum Gasteiger partial charge on any atom is -0.465 e. The molecule has 0 N–H and O–H groups in total. The van der Waals surface area contributed by atoms with Gasteiger partial charge < -0.3 is 14.2 Å². The summed E-state index contributed by atoms with van der Waals surface area (Å²) >= 11 is 0. The summed E-state index contributed by atoms with van der Waals surface area (Å²) in [7, 11) is 0. The van der Waals surface area contributed by atoms with Crippen LogP contribution in [0.1, 0.15) is 64.4 Å². The summed E-state index contributed by atoms with van der Waals surface area (Å²) in [5.41, 5.74) is 0.846. The molecule has 0 radical (unpaired) electrons. The van der Waals surface area contributed by atoms with E-state index < -0.39 is 0 Å². The molecule has 0 bridgehead atoms. The number of unbranched alkanes of at least 4 members (excludes halogenated alkanes) is 1. The minimum atomic E-state index is -0.323. The number of ether oxygens (including phenoxy) is 3. The highest BCUT2D eigenvalue weighted by molar-refractivity contribution is 5.72. The van der Waals surface area contributed by atoms with Gasteiger partial charge in [0.25, 0.3) is 0 Å². The van der Waals surface area contributed by atoms with E-state index in [1.165, 1.54) is 0 Å². The highest BCUT2D eigenvalue weighted by Crippen LogP contribution is 2.22. The molecule has 0 saturated heterocycles. The van der Waals surface area contributed by atoms with Gasteiger partial charge in [0.2, 0.25) is 0 Å². The first kappa shape index (κ1) is 24.4. The molecular formula is C26H34O5. The lowest BCUT2D eigenvalue weighted by Gasteiger charge is -2.14. The van der Waals surface area contributed by atoms with E-state index in [2.05, 4.69) is 13.8 Å². The van der Waals surface area contributed by atoms with Gasteiger partial charge in [-0.1, -0.05) is 63.4 Å². The molecule has 2 aromatic carbocycles. The van der Waals surface area contributed by atoms with Crippen LogP contribution in [0.4, 0.5) is 0 Å². The Labute approximate surface area is 185 Å². The summed E-state index contributed by atoms with van der Waals surface area (Å²) < 4.78 is 16.5. The number of carbonyl (C=O) groups is 2. The predicted molar refractivity (Wildman–Crippen MR) is 121 cm³/mol. The smallest absolute Gasteiger partial charge is 0.306 e. The van der Waals surface area contributed by atoms with Gasteiger partial charge in [-0.15, -0.1) is 0 Å². The van der Waals surface area contributed by atoms with Gasteiger partial charge in [-0.25, -0.2) is 0 Å². The third-order valence-electron chi connectivity index (χ3n) is 5.06. The molecule has 0 saturated carbocycles. The molecule has 0 spiro atoms. The Morgan fingerprint density at radius 2 is 1.55 bits per heavy atom. The summed E-state index contributed by atoms with van der Waals surface area (Å²) in [4.78, 5) is 23.9. The molecule has 168 valence electrons. The second kappa shape index (κ2) is 14.2. The molecule has 0 aromatic heterocycles. The summed E-state index contributed by atoms with van der Waals surface area (Å²) in [6.07, 6.45) is 5.27. The number of hydrogen-bond donors (Lipinski definition) is 0. The highest BCUT2D eigenvalue weighted by Gasteiger charge is 2.11. The molecule has 5 nitrogen and oxygen atoms in total. The Bertz CT molecular complexity index is 787. The van der Waals surface area contributed by atoms with Crippen molar-refractivity contribution in [2.45, 2.75) is 65.4 Å². The van der Waals surface area contributed by atoms with E-state index in [0.29, 0.717) is 24.7 Å². The zero-order chi connectivity index (χ0) is 22.3. The van der Waals surface area contributed by atoms with Gasteiger partial charge in [-0.2, -0.15) is 0 Å². The molecule has 5 heteroatoms. The Kier molecular flexibility index (Phi) is 11.2. The summed E-state index contributed by atoms with van der Waals surface area (Å²) in [5.74, 6) is 1.30. The third kappa shape index (κ3) is 10.2. The average molecular weight is 427 g/mol. The lowest BCUT2D eigenvalue weighted by molar-refractivity contribution is -0.147. The summed E-state index contributed by atoms with van der Waals surface area (Å²) in [6, 6.07) is 17.0. The van der Waals surface area contributed by atoms with Gasteiger partial charge >= 0.3 is 11.9 Å². The lowest BCUT2D eigenvalue weighted by atomic mass is 10.0. The first-order valence-corrected chi connectivity index (χ1v) is 11.2. The topological polar surface area (TPSA) is 61.8 Å². The molecule has 31 heavy (non-hydrogen) atoms. The van der Waals surface area contributed by atoms with Crippen molar-refractivity contribution < 1.29 is 23.8 Å². The van der Waals surface area contributed by atoms with Crippen LogP contribution in [-0.4, -0.2) is 18.5 Å². The molecule has 0 heterocycles. The Hall–Kier alpha value is -2.82. The van der Waals surface area contributed by atoms with Crippen molar-refractivity contribution in [2.75, 3.05) is 6.61 Å². The standard InChI is InChI=1S/C26H34O5/c1-3-5-11-21(4-2)19-29-25(27)16-10-17-26(28)30-20-22-12-9-15-24(18-22)31-23-13-7-6-8-14-23/h6-9,12-15,18,21H,3-5,10-11,16-17,19-20H2,1-2H3. The zero-order valence-electron chi connectivity index (χ0n) is 18.7. The van der Waals surface area contributed by atoms with Crippen LogP contribution in [-0.2, 0) is 25.7 Å². The Morgan fingerprint density at radius 3 is 2.26 bits per heavy atom. The quantitative estimate of drug-likeness (QED) is 0.325. The molecule has 2 rings (SSSR count). The number of esters is 2. The van der Waals surface area contributed by atoms with Crippen molar-refractivity contribution in [2.24, 2.45) is 5.92 Å². The van der Waals surface area contributed by atoms with Crippen molar-refractivity contribution in [3.8, 4) is 11.5 Å². The fraction of sp³-hybridized carbons (Fsp3) is 0.462. The normalized spacial score (nSPS) is 11.5. The van der Waals surface area contributed by atoms with Crippen molar-refractivity contribution in [1.82, 2.24) is 0 Å². The van der Waals surface area contributed by atoms with Crippen LogP contribution in [0.2, 0.25) is 0 Å². The molecule has 0 fully saturated rings. The van der Waals surface area contributed by atoms with E-state index in [0.717, 1.165) is 37.0 Å². The number of benzene rings is 2. The van der Waals surface area contributed by atoms with Crippen LogP contribution < -0.4 is 4.74 Å². The van der Waals surface area contributed by atoms with E-state index in [1.54, 1.807) is 0 Å².